The zero-order valence-corrected chi connectivity index (χ0v) is 12.2. The highest BCUT2D eigenvalue weighted by Gasteiger charge is 2.22. The first-order valence-corrected chi connectivity index (χ1v) is 7.35. The quantitative estimate of drug-likeness (QED) is 0.801. The molecule has 1 heterocycles. The molecule has 1 aliphatic rings. The van der Waals surface area contributed by atoms with Crippen LogP contribution in [0.25, 0.3) is 0 Å². The van der Waals surface area contributed by atoms with E-state index >= 15 is 0 Å². The first-order valence-electron chi connectivity index (χ1n) is 7.35. The van der Waals surface area contributed by atoms with Gasteiger partial charge in [0.15, 0.2) is 0 Å². The lowest BCUT2D eigenvalue weighted by Gasteiger charge is -2.23. The number of hydrogen-bond donors (Lipinski definition) is 1. The van der Waals surface area contributed by atoms with Gasteiger partial charge in [-0.15, -0.1) is 0 Å². The molecule has 1 aromatic rings. The topological polar surface area (TPSA) is 38.5 Å². The first kappa shape index (κ1) is 14.4. The van der Waals surface area contributed by atoms with E-state index in [0.29, 0.717) is 6.04 Å². The van der Waals surface area contributed by atoms with Gasteiger partial charge in [0.1, 0.15) is 5.75 Å². The molecule has 1 atom stereocenters. The molecular weight excluding hydrogens is 236 g/mol. The minimum absolute atomic E-state index is 0.598. The summed E-state index contributed by atoms with van der Waals surface area (Å²) < 4.78 is 5.89. The summed E-state index contributed by atoms with van der Waals surface area (Å²) in [7, 11) is 0. The number of nitrogens with zero attached hydrogens (tertiary/aromatic N) is 1. The summed E-state index contributed by atoms with van der Waals surface area (Å²) in [5, 5.41) is 0. The van der Waals surface area contributed by atoms with E-state index in [2.05, 4.69) is 36.9 Å². The van der Waals surface area contributed by atoms with Gasteiger partial charge in [-0.25, -0.2) is 0 Å². The van der Waals surface area contributed by atoms with Gasteiger partial charge < -0.3 is 10.5 Å². The van der Waals surface area contributed by atoms with E-state index in [1.54, 1.807) is 0 Å². The molecule has 0 saturated carbocycles. The minimum atomic E-state index is 0.598. The number of aryl methyl sites for hydroxylation is 2. The summed E-state index contributed by atoms with van der Waals surface area (Å²) >= 11 is 0. The molecule has 19 heavy (non-hydrogen) atoms. The molecule has 0 radical (unpaired) electrons. The Morgan fingerprint density at radius 3 is 3.00 bits per heavy atom. The fraction of sp³-hybridized carbons (Fsp3) is 0.625. The van der Waals surface area contributed by atoms with Crippen molar-refractivity contribution in [3.63, 3.8) is 0 Å². The molecule has 1 aliphatic heterocycles. The Labute approximate surface area is 116 Å². The van der Waals surface area contributed by atoms with Gasteiger partial charge in [-0.3, -0.25) is 4.90 Å². The monoisotopic (exact) mass is 262 g/mol. The van der Waals surface area contributed by atoms with Crippen LogP contribution in [0.15, 0.2) is 18.2 Å². The smallest absolute Gasteiger partial charge is 0.122 e. The predicted octanol–water partition coefficient (Wildman–Crippen LogP) is 2.50. The second kappa shape index (κ2) is 6.92. The van der Waals surface area contributed by atoms with Crippen LogP contribution < -0.4 is 10.5 Å². The predicted molar refractivity (Wildman–Crippen MR) is 79.7 cm³/mol. The highest BCUT2D eigenvalue weighted by molar-refractivity contribution is 5.35. The van der Waals surface area contributed by atoms with Crippen molar-refractivity contribution in [1.82, 2.24) is 4.90 Å². The van der Waals surface area contributed by atoms with Gasteiger partial charge in [0.25, 0.3) is 0 Å². The number of hydrogen-bond acceptors (Lipinski definition) is 3. The van der Waals surface area contributed by atoms with Crippen LogP contribution in [-0.4, -0.2) is 37.2 Å². The molecule has 1 unspecified atom stereocenters. The van der Waals surface area contributed by atoms with Crippen molar-refractivity contribution >= 4 is 0 Å². The second-order valence-electron chi connectivity index (χ2n) is 5.54. The Bertz CT molecular complexity index is 406. The van der Waals surface area contributed by atoms with Crippen molar-refractivity contribution in [2.45, 2.75) is 39.2 Å². The first-order chi connectivity index (χ1) is 9.20. The third kappa shape index (κ3) is 3.95. The van der Waals surface area contributed by atoms with Gasteiger partial charge in [0.05, 0.1) is 6.61 Å². The number of nitrogens with two attached hydrogens (primary N) is 1. The standard InChI is InChI=1S/C16H26N2O/c1-13-6-7-14(2)16(11-13)19-10-4-9-18-8-3-5-15(18)12-17/h6-7,11,15H,3-5,8-10,12,17H2,1-2H3. The van der Waals surface area contributed by atoms with Gasteiger partial charge in [0.2, 0.25) is 0 Å². The third-order valence-electron chi connectivity index (χ3n) is 3.96. The van der Waals surface area contributed by atoms with E-state index in [-0.39, 0.29) is 0 Å². The molecule has 1 aromatic carbocycles. The summed E-state index contributed by atoms with van der Waals surface area (Å²) in [6, 6.07) is 6.96. The van der Waals surface area contributed by atoms with Crippen LogP contribution in [0.4, 0.5) is 0 Å². The number of rotatable bonds is 6. The fourth-order valence-electron chi connectivity index (χ4n) is 2.77. The van der Waals surface area contributed by atoms with Crippen LogP contribution in [0.2, 0.25) is 0 Å². The zero-order valence-electron chi connectivity index (χ0n) is 12.2. The Balaban J connectivity index is 1.73. The maximum absolute atomic E-state index is 5.89. The SMILES string of the molecule is Cc1ccc(C)c(OCCCN2CCCC2CN)c1. The molecule has 3 nitrogen and oxygen atoms in total. The maximum Gasteiger partial charge on any atom is 0.122 e. The number of likely N-dealkylation sites (tertiary alicyclic amines) is 1. The van der Waals surface area contributed by atoms with E-state index < -0.39 is 0 Å². The third-order valence-corrected chi connectivity index (χ3v) is 3.96. The summed E-state index contributed by atoms with van der Waals surface area (Å²) in [6.45, 7) is 8.08. The van der Waals surface area contributed by atoms with Crippen molar-refractivity contribution < 1.29 is 4.74 Å². The van der Waals surface area contributed by atoms with Crippen LogP contribution >= 0.6 is 0 Å². The molecule has 2 rings (SSSR count). The number of ether oxygens (including phenoxy) is 1. The lowest BCUT2D eigenvalue weighted by atomic mass is 10.1. The van der Waals surface area contributed by atoms with E-state index in [1.165, 1.54) is 30.5 Å². The Kier molecular flexibility index (Phi) is 5.23. The van der Waals surface area contributed by atoms with E-state index in [9.17, 15) is 0 Å². The van der Waals surface area contributed by atoms with Gasteiger partial charge in [0, 0.05) is 19.1 Å². The zero-order chi connectivity index (χ0) is 13.7. The molecule has 2 N–H and O–H groups in total. The minimum Gasteiger partial charge on any atom is -0.493 e. The lowest BCUT2D eigenvalue weighted by Crippen LogP contribution is -2.36. The molecule has 3 heteroatoms. The van der Waals surface area contributed by atoms with Crippen LogP contribution in [0, 0.1) is 13.8 Å². The molecule has 0 amide bonds. The molecule has 1 saturated heterocycles. The van der Waals surface area contributed by atoms with E-state index in [0.717, 1.165) is 31.9 Å². The summed E-state index contributed by atoms with van der Waals surface area (Å²) in [5.41, 5.74) is 8.25. The molecular formula is C16H26N2O. The molecule has 0 aliphatic carbocycles. The summed E-state index contributed by atoms with van der Waals surface area (Å²) in [6.07, 6.45) is 3.62. The summed E-state index contributed by atoms with van der Waals surface area (Å²) in [5.74, 6) is 1.02. The molecule has 0 bridgehead atoms. The Morgan fingerprint density at radius 2 is 2.21 bits per heavy atom. The van der Waals surface area contributed by atoms with Gasteiger partial charge >= 0.3 is 0 Å². The number of benzene rings is 1. The van der Waals surface area contributed by atoms with Crippen molar-refractivity contribution in [2.75, 3.05) is 26.2 Å². The largest absolute Gasteiger partial charge is 0.493 e. The second-order valence-corrected chi connectivity index (χ2v) is 5.54. The normalized spacial score (nSPS) is 19.8. The van der Waals surface area contributed by atoms with Crippen LogP contribution in [0.1, 0.15) is 30.4 Å². The van der Waals surface area contributed by atoms with Gasteiger partial charge in [-0.2, -0.15) is 0 Å². The van der Waals surface area contributed by atoms with Crippen LogP contribution in [0.5, 0.6) is 5.75 Å². The lowest BCUT2D eigenvalue weighted by molar-refractivity contribution is 0.224. The van der Waals surface area contributed by atoms with Crippen molar-refractivity contribution in [1.29, 1.82) is 0 Å². The maximum atomic E-state index is 5.89. The van der Waals surface area contributed by atoms with E-state index in [1.807, 2.05) is 0 Å². The molecule has 0 aromatic heterocycles. The van der Waals surface area contributed by atoms with Gasteiger partial charge in [-0.05, 0) is 56.8 Å². The average molecular weight is 262 g/mol. The van der Waals surface area contributed by atoms with Gasteiger partial charge in [-0.1, -0.05) is 12.1 Å². The van der Waals surface area contributed by atoms with Crippen molar-refractivity contribution in [3.8, 4) is 5.75 Å². The van der Waals surface area contributed by atoms with Crippen molar-refractivity contribution in [2.24, 2.45) is 5.73 Å². The summed E-state index contributed by atoms with van der Waals surface area (Å²) in [4.78, 5) is 2.51. The van der Waals surface area contributed by atoms with E-state index in [4.69, 9.17) is 10.5 Å². The van der Waals surface area contributed by atoms with Crippen LogP contribution in [0.3, 0.4) is 0 Å². The Morgan fingerprint density at radius 1 is 1.37 bits per heavy atom. The molecule has 106 valence electrons. The highest BCUT2D eigenvalue weighted by Crippen LogP contribution is 2.20. The average Bonchev–Trinajstić information content (AvgIpc) is 2.86. The Hall–Kier alpha value is -1.06. The van der Waals surface area contributed by atoms with Crippen molar-refractivity contribution in [3.05, 3.63) is 29.3 Å². The molecule has 0 spiro atoms. The highest BCUT2D eigenvalue weighted by atomic mass is 16.5. The fourth-order valence-corrected chi connectivity index (χ4v) is 2.77. The van der Waals surface area contributed by atoms with Crippen LogP contribution in [-0.2, 0) is 0 Å². The molecule has 1 fully saturated rings.